The summed E-state index contributed by atoms with van der Waals surface area (Å²) in [6.45, 7) is 3.46. The Morgan fingerprint density at radius 3 is 2.61 bits per heavy atom. The number of methoxy groups -OCH3 is 2. The molecule has 0 unspecified atom stereocenters. The van der Waals surface area contributed by atoms with Gasteiger partial charge >= 0.3 is 0 Å². The molecule has 10 heteroatoms. The van der Waals surface area contributed by atoms with Crippen LogP contribution in [0.1, 0.15) is 16.8 Å². The molecule has 0 aliphatic rings. The van der Waals surface area contributed by atoms with Gasteiger partial charge in [-0.3, -0.25) is 14.6 Å². The van der Waals surface area contributed by atoms with Crippen LogP contribution in [-0.4, -0.2) is 39.9 Å². The lowest BCUT2D eigenvalue weighted by atomic mass is 10.1. The normalized spacial score (nSPS) is 10.8. The lowest BCUT2D eigenvalue weighted by Gasteiger charge is -2.11. The van der Waals surface area contributed by atoms with Gasteiger partial charge in [-0.1, -0.05) is 12.1 Å². The first-order valence-electron chi connectivity index (χ1n) is 10.1. The number of thiophene rings is 1. The van der Waals surface area contributed by atoms with Gasteiger partial charge in [-0.15, -0.1) is 11.3 Å². The number of anilines is 1. The Morgan fingerprint density at radius 1 is 1.15 bits per heavy atom. The number of hydrogen-bond donors (Lipinski definition) is 2. The quantitative estimate of drug-likeness (QED) is 0.432. The number of rotatable bonds is 7. The van der Waals surface area contributed by atoms with E-state index in [0.717, 1.165) is 10.4 Å². The minimum absolute atomic E-state index is 0.108. The molecule has 2 N–H and O–H groups in total. The topological polar surface area (TPSA) is 111 Å². The predicted octanol–water partition coefficient (Wildman–Crippen LogP) is 3.50. The number of nitrogens with zero attached hydrogens (tertiary/aromatic N) is 3. The molecule has 0 aliphatic carbocycles. The van der Waals surface area contributed by atoms with Crippen molar-refractivity contribution in [2.45, 2.75) is 20.3 Å². The van der Waals surface area contributed by atoms with E-state index >= 15 is 0 Å². The first-order valence-corrected chi connectivity index (χ1v) is 11.0. The molecule has 1 aromatic carbocycles. The number of hydrogen-bond acceptors (Lipinski definition) is 7. The molecule has 0 aliphatic heterocycles. The number of carbonyl (C=O) groups excluding carboxylic acids is 1. The fourth-order valence-electron chi connectivity index (χ4n) is 3.27. The molecule has 3 heterocycles. The van der Waals surface area contributed by atoms with Crippen LogP contribution in [0.3, 0.4) is 0 Å². The summed E-state index contributed by atoms with van der Waals surface area (Å²) >= 11 is 1.52. The van der Waals surface area contributed by atoms with Crippen molar-refractivity contribution in [3.8, 4) is 28.0 Å². The van der Waals surface area contributed by atoms with Crippen LogP contribution < -0.4 is 20.3 Å². The molecule has 33 heavy (non-hydrogen) atoms. The minimum Gasteiger partial charge on any atom is -0.493 e. The van der Waals surface area contributed by atoms with Gasteiger partial charge in [0.2, 0.25) is 11.9 Å². The van der Waals surface area contributed by atoms with Gasteiger partial charge in [0.15, 0.2) is 11.5 Å². The van der Waals surface area contributed by atoms with E-state index in [9.17, 15) is 9.59 Å². The Kier molecular flexibility index (Phi) is 6.27. The third-order valence-corrected chi connectivity index (χ3v) is 6.04. The van der Waals surface area contributed by atoms with Crippen molar-refractivity contribution in [2.75, 3.05) is 19.5 Å². The SMILES string of the molecule is COc1ccc(CC(=O)Nc2cc(-c3cccs3)nn2-c2nc(C)c(C)c(=O)[nH]2)cc1OC. The highest BCUT2D eigenvalue weighted by Crippen LogP contribution is 2.29. The van der Waals surface area contributed by atoms with Crippen LogP contribution >= 0.6 is 11.3 Å². The largest absolute Gasteiger partial charge is 0.493 e. The number of amides is 1. The van der Waals surface area contributed by atoms with Crippen LogP contribution in [-0.2, 0) is 11.2 Å². The highest BCUT2D eigenvalue weighted by Gasteiger charge is 2.17. The van der Waals surface area contributed by atoms with Crippen molar-refractivity contribution < 1.29 is 14.3 Å². The van der Waals surface area contributed by atoms with Crippen LogP contribution in [0.4, 0.5) is 5.82 Å². The second-order valence-corrected chi connectivity index (χ2v) is 8.27. The lowest BCUT2D eigenvalue weighted by Crippen LogP contribution is -2.21. The van der Waals surface area contributed by atoms with Gasteiger partial charge < -0.3 is 14.8 Å². The Bertz CT molecular complexity index is 1360. The highest BCUT2D eigenvalue weighted by atomic mass is 32.1. The summed E-state index contributed by atoms with van der Waals surface area (Å²) in [7, 11) is 3.10. The molecule has 3 aromatic heterocycles. The molecule has 0 bridgehead atoms. The number of aromatic nitrogens is 4. The van der Waals surface area contributed by atoms with E-state index in [0.29, 0.717) is 34.3 Å². The van der Waals surface area contributed by atoms with E-state index in [1.807, 2.05) is 17.5 Å². The van der Waals surface area contributed by atoms with Gasteiger partial charge in [-0.2, -0.15) is 9.78 Å². The van der Waals surface area contributed by atoms with Crippen molar-refractivity contribution in [1.29, 1.82) is 0 Å². The smallest absolute Gasteiger partial charge is 0.255 e. The van der Waals surface area contributed by atoms with Gasteiger partial charge in [-0.25, -0.2) is 4.98 Å². The average Bonchev–Trinajstić information content (AvgIpc) is 3.47. The van der Waals surface area contributed by atoms with E-state index in [1.165, 1.54) is 16.0 Å². The maximum atomic E-state index is 12.9. The first-order chi connectivity index (χ1) is 15.9. The summed E-state index contributed by atoms with van der Waals surface area (Å²) < 4.78 is 12.0. The van der Waals surface area contributed by atoms with Crippen LogP contribution in [0, 0.1) is 13.8 Å². The molecule has 170 valence electrons. The number of aromatic amines is 1. The van der Waals surface area contributed by atoms with E-state index in [2.05, 4.69) is 20.4 Å². The van der Waals surface area contributed by atoms with Gasteiger partial charge in [-0.05, 0) is 43.0 Å². The summed E-state index contributed by atoms with van der Waals surface area (Å²) in [5.41, 5.74) is 2.28. The minimum atomic E-state index is -0.257. The highest BCUT2D eigenvalue weighted by molar-refractivity contribution is 7.13. The molecule has 4 aromatic rings. The molecule has 0 fully saturated rings. The van der Waals surface area contributed by atoms with Gasteiger partial charge in [0.1, 0.15) is 11.5 Å². The number of carbonyl (C=O) groups is 1. The summed E-state index contributed by atoms with van der Waals surface area (Å²) in [6, 6.07) is 10.9. The fraction of sp³-hybridized carbons (Fsp3) is 0.217. The number of benzene rings is 1. The number of H-pyrrole nitrogens is 1. The zero-order valence-electron chi connectivity index (χ0n) is 18.6. The molecular weight excluding hydrogens is 442 g/mol. The zero-order valence-corrected chi connectivity index (χ0v) is 19.4. The van der Waals surface area contributed by atoms with Crippen LogP contribution in [0.5, 0.6) is 11.5 Å². The maximum Gasteiger partial charge on any atom is 0.255 e. The van der Waals surface area contributed by atoms with E-state index < -0.39 is 0 Å². The third kappa shape index (κ3) is 4.65. The van der Waals surface area contributed by atoms with Crippen molar-refractivity contribution >= 4 is 23.1 Å². The molecule has 0 radical (unpaired) electrons. The predicted molar refractivity (Wildman–Crippen MR) is 127 cm³/mol. The molecule has 9 nitrogen and oxygen atoms in total. The van der Waals surface area contributed by atoms with Crippen molar-refractivity contribution in [1.82, 2.24) is 19.7 Å². The Hall–Kier alpha value is -3.92. The average molecular weight is 466 g/mol. The molecule has 0 saturated heterocycles. The number of nitrogens with one attached hydrogen (secondary N) is 2. The van der Waals surface area contributed by atoms with Gasteiger partial charge in [0, 0.05) is 17.3 Å². The lowest BCUT2D eigenvalue weighted by molar-refractivity contribution is -0.115. The summed E-state index contributed by atoms with van der Waals surface area (Å²) in [5.74, 6) is 1.50. The number of ether oxygens (including phenoxy) is 2. The molecule has 0 atom stereocenters. The van der Waals surface area contributed by atoms with E-state index in [-0.39, 0.29) is 23.8 Å². The summed E-state index contributed by atoms with van der Waals surface area (Å²) in [6.07, 6.45) is 0.108. The van der Waals surface area contributed by atoms with Crippen LogP contribution in [0.25, 0.3) is 16.5 Å². The van der Waals surface area contributed by atoms with Crippen LogP contribution in [0.2, 0.25) is 0 Å². The molecule has 4 rings (SSSR count). The van der Waals surface area contributed by atoms with E-state index in [1.54, 1.807) is 52.3 Å². The zero-order chi connectivity index (χ0) is 23.5. The molecule has 1 amide bonds. The molecule has 0 spiro atoms. The van der Waals surface area contributed by atoms with Crippen molar-refractivity contribution in [3.63, 3.8) is 0 Å². The third-order valence-electron chi connectivity index (χ3n) is 5.15. The second kappa shape index (κ2) is 9.29. The van der Waals surface area contributed by atoms with Crippen molar-refractivity contribution in [2.24, 2.45) is 0 Å². The maximum absolute atomic E-state index is 12.9. The first kappa shape index (κ1) is 22.3. The fourth-order valence-corrected chi connectivity index (χ4v) is 3.95. The summed E-state index contributed by atoms with van der Waals surface area (Å²) in [5, 5.41) is 9.42. The summed E-state index contributed by atoms with van der Waals surface area (Å²) in [4.78, 5) is 33.3. The van der Waals surface area contributed by atoms with E-state index in [4.69, 9.17) is 9.47 Å². The number of aryl methyl sites for hydroxylation is 1. The Labute approximate surface area is 194 Å². The van der Waals surface area contributed by atoms with Gasteiger partial charge in [0.25, 0.3) is 5.56 Å². The Morgan fingerprint density at radius 2 is 1.94 bits per heavy atom. The standard InChI is InChI=1S/C23H23N5O4S/c1-13-14(2)24-23(26-22(13)30)28-20(12-16(27-28)19-6-5-9-33-19)25-21(29)11-15-7-8-17(31-3)18(10-15)32-4/h5-10,12H,11H2,1-4H3,(H,25,29)(H,24,26,30). The van der Waals surface area contributed by atoms with Gasteiger partial charge in [0.05, 0.1) is 25.5 Å². The molecular formula is C23H23N5O4S. The molecule has 0 saturated carbocycles. The second-order valence-electron chi connectivity index (χ2n) is 7.32. The van der Waals surface area contributed by atoms with Crippen molar-refractivity contribution in [3.05, 3.63) is 69.0 Å². The monoisotopic (exact) mass is 465 g/mol. The Balaban J connectivity index is 1.67. The van der Waals surface area contributed by atoms with Crippen LogP contribution in [0.15, 0.2) is 46.6 Å².